The molecule has 41 heavy (non-hydrogen) atoms. The highest BCUT2D eigenvalue weighted by atomic mass is 31.2. The number of hydrogen-bond acceptors (Lipinski definition) is 5. The van der Waals surface area contributed by atoms with Crippen LogP contribution >= 0.6 is 7.82 Å². The van der Waals surface area contributed by atoms with Crippen molar-refractivity contribution in [3.8, 4) is 11.5 Å². The molecule has 2 aromatic rings. The second-order valence-corrected chi connectivity index (χ2v) is 12.4. The highest BCUT2D eigenvalue weighted by Gasteiger charge is 2.31. The molecular formula is C34H55O6P. The minimum atomic E-state index is -4.35. The number of phosphoric acid groups is 1. The highest BCUT2D eigenvalue weighted by molar-refractivity contribution is 7.47. The molecule has 2 unspecified atom stereocenters. The van der Waals surface area contributed by atoms with Gasteiger partial charge < -0.3 is 14.4 Å². The van der Waals surface area contributed by atoms with Crippen LogP contribution in [0, 0.1) is 0 Å². The second-order valence-electron chi connectivity index (χ2n) is 11.0. The number of hydrogen-bond donors (Lipinski definition) is 1. The molecule has 7 heteroatoms. The van der Waals surface area contributed by atoms with Crippen LogP contribution in [0.1, 0.15) is 117 Å². The Bertz CT molecular complexity index is 838. The highest BCUT2D eigenvalue weighted by Crippen LogP contribution is 2.47. The summed E-state index contributed by atoms with van der Waals surface area (Å²) < 4.78 is 36.6. The first-order chi connectivity index (χ1) is 20.0. The van der Waals surface area contributed by atoms with Crippen molar-refractivity contribution in [1.29, 1.82) is 0 Å². The summed E-state index contributed by atoms with van der Waals surface area (Å²) in [6, 6.07) is 19.0. The monoisotopic (exact) mass is 590 g/mol. The first-order valence-electron chi connectivity index (χ1n) is 16.1. The molecule has 2 atom stereocenters. The van der Waals surface area contributed by atoms with E-state index in [4.69, 9.17) is 18.5 Å². The summed E-state index contributed by atoms with van der Waals surface area (Å²) in [5.74, 6) is 1.42. The Labute approximate surface area is 249 Å². The zero-order chi connectivity index (χ0) is 29.4. The van der Waals surface area contributed by atoms with E-state index in [1.807, 2.05) is 60.7 Å². The maximum Gasteiger partial charge on any atom is 0.472 e. The fourth-order valence-corrected chi connectivity index (χ4v) is 5.94. The first kappa shape index (κ1) is 35.3. The number of ether oxygens (including phenoxy) is 2. The Morgan fingerprint density at radius 2 is 0.902 bits per heavy atom. The Morgan fingerprint density at radius 1 is 0.561 bits per heavy atom. The smallest absolute Gasteiger partial charge is 0.472 e. The van der Waals surface area contributed by atoms with Crippen molar-refractivity contribution in [2.45, 2.75) is 129 Å². The van der Waals surface area contributed by atoms with Crippen LogP contribution in [0.5, 0.6) is 11.5 Å². The third-order valence-corrected chi connectivity index (χ3v) is 8.31. The van der Waals surface area contributed by atoms with Crippen LogP contribution in [0.25, 0.3) is 0 Å². The summed E-state index contributed by atoms with van der Waals surface area (Å²) >= 11 is 0. The van der Waals surface area contributed by atoms with E-state index in [1.165, 1.54) is 51.4 Å². The molecule has 0 fully saturated rings. The summed E-state index contributed by atoms with van der Waals surface area (Å²) in [4.78, 5) is 10.8. The standard InChI is InChI=1S/C34H55O6P/c1-3-5-7-9-11-13-17-27-33(29-37-31-23-19-15-20-24-31)39-41(35,36)40-34(28-18-14-12-10-8-6-4-2)30-38-32-25-21-16-22-26-32/h15-16,19-26,33-34H,3-14,17-18,27-30H2,1-2H3,(H,35,36). The molecule has 232 valence electrons. The molecule has 0 aliphatic carbocycles. The quantitative estimate of drug-likeness (QED) is 0.0868. The van der Waals surface area contributed by atoms with Gasteiger partial charge in [0.05, 0.1) is 0 Å². The zero-order valence-corrected chi connectivity index (χ0v) is 26.5. The molecule has 0 heterocycles. The lowest BCUT2D eigenvalue weighted by Gasteiger charge is -2.25. The van der Waals surface area contributed by atoms with E-state index in [9.17, 15) is 9.46 Å². The molecule has 0 radical (unpaired) electrons. The van der Waals surface area contributed by atoms with Gasteiger partial charge >= 0.3 is 7.82 Å². The molecule has 0 bridgehead atoms. The van der Waals surface area contributed by atoms with Gasteiger partial charge in [-0.2, -0.15) is 0 Å². The average Bonchev–Trinajstić information content (AvgIpc) is 2.98. The van der Waals surface area contributed by atoms with Crippen LogP contribution in [0.2, 0.25) is 0 Å². The second kappa shape index (κ2) is 22.7. The Balaban J connectivity index is 1.93. The van der Waals surface area contributed by atoms with E-state index in [0.29, 0.717) is 24.3 Å². The molecule has 0 aliphatic rings. The summed E-state index contributed by atoms with van der Waals surface area (Å²) in [6.45, 7) is 4.82. The van der Waals surface area contributed by atoms with Crippen molar-refractivity contribution in [3.05, 3.63) is 60.7 Å². The molecule has 0 aliphatic heterocycles. The fraction of sp³-hybridized carbons (Fsp3) is 0.647. The molecule has 0 aromatic heterocycles. The van der Waals surface area contributed by atoms with Gasteiger partial charge in [0.25, 0.3) is 0 Å². The number of rotatable bonds is 26. The summed E-state index contributed by atoms with van der Waals surface area (Å²) in [5, 5.41) is 0. The molecule has 1 N–H and O–H groups in total. The Hall–Kier alpha value is -1.85. The number of unbranched alkanes of at least 4 members (excludes halogenated alkanes) is 12. The van der Waals surface area contributed by atoms with Crippen LogP contribution in [-0.4, -0.2) is 30.3 Å². The van der Waals surface area contributed by atoms with Crippen molar-refractivity contribution in [3.63, 3.8) is 0 Å². The summed E-state index contributed by atoms with van der Waals surface area (Å²) in [6.07, 6.45) is 16.4. The maximum absolute atomic E-state index is 13.3. The molecule has 0 amide bonds. The normalized spacial score (nSPS) is 14.3. The van der Waals surface area contributed by atoms with Crippen LogP contribution < -0.4 is 9.47 Å². The molecule has 2 aromatic carbocycles. The van der Waals surface area contributed by atoms with Gasteiger partial charge in [-0.05, 0) is 37.1 Å². The van der Waals surface area contributed by atoms with Gasteiger partial charge in [-0.3, -0.25) is 9.05 Å². The predicted molar refractivity (Wildman–Crippen MR) is 169 cm³/mol. The van der Waals surface area contributed by atoms with Gasteiger partial charge in [-0.15, -0.1) is 0 Å². The van der Waals surface area contributed by atoms with Crippen LogP contribution in [0.4, 0.5) is 0 Å². The lowest BCUT2D eigenvalue weighted by atomic mass is 10.1. The molecule has 0 saturated heterocycles. The van der Waals surface area contributed by atoms with Gasteiger partial charge in [0.1, 0.15) is 36.9 Å². The van der Waals surface area contributed by atoms with E-state index >= 15 is 0 Å². The van der Waals surface area contributed by atoms with E-state index in [-0.39, 0.29) is 13.2 Å². The molecular weight excluding hydrogens is 535 g/mol. The third kappa shape index (κ3) is 18.3. The fourth-order valence-electron chi connectivity index (χ4n) is 4.80. The van der Waals surface area contributed by atoms with E-state index < -0.39 is 20.0 Å². The minimum Gasteiger partial charge on any atom is -0.491 e. The van der Waals surface area contributed by atoms with Gasteiger partial charge in [0.15, 0.2) is 0 Å². The average molecular weight is 591 g/mol. The topological polar surface area (TPSA) is 74.2 Å². The minimum absolute atomic E-state index is 0.191. The van der Waals surface area contributed by atoms with Crippen molar-refractivity contribution in [1.82, 2.24) is 0 Å². The summed E-state index contributed by atoms with van der Waals surface area (Å²) in [5.41, 5.74) is 0. The molecule has 0 spiro atoms. The third-order valence-electron chi connectivity index (χ3n) is 7.18. The SMILES string of the molecule is CCCCCCCCCC(COc1ccccc1)OP(=O)(O)OC(CCCCCCCCC)COc1ccccc1. The zero-order valence-electron chi connectivity index (χ0n) is 25.6. The van der Waals surface area contributed by atoms with E-state index in [1.54, 1.807) is 0 Å². The lowest BCUT2D eigenvalue weighted by Crippen LogP contribution is -2.25. The van der Waals surface area contributed by atoms with Gasteiger partial charge in [-0.25, -0.2) is 4.57 Å². The first-order valence-corrected chi connectivity index (χ1v) is 17.6. The van der Waals surface area contributed by atoms with Crippen molar-refractivity contribution in [2.75, 3.05) is 13.2 Å². The van der Waals surface area contributed by atoms with Crippen molar-refractivity contribution >= 4 is 7.82 Å². The van der Waals surface area contributed by atoms with Crippen LogP contribution in [-0.2, 0) is 13.6 Å². The molecule has 2 rings (SSSR count). The number of para-hydroxylation sites is 2. The van der Waals surface area contributed by atoms with Gasteiger partial charge in [0, 0.05) is 0 Å². The summed E-state index contributed by atoms with van der Waals surface area (Å²) in [7, 11) is -4.35. The van der Waals surface area contributed by atoms with E-state index in [0.717, 1.165) is 38.5 Å². The van der Waals surface area contributed by atoms with Crippen LogP contribution in [0.15, 0.2) is 60.7 Å². The van der Waals surface area contributed by atoms with Crippen molar-refractivity contribution < 1.29 is 28.0 Å². The largest absolute Gasteiger partial charge is 0.491 e. The lowest BCUT2D eigenvalue weighted by molar-refractivity contribution is 0.0309. The van der Waals surface area contributed by atoms with Gasteiger partial charge in [0.2, 0.25) is 0 Å². The molecule has 6 nitrogen and oxygen atoms in total. The Morgan fingerprint density at radius 3 is 1.27 bits per heavy atom. The predicted octanol–water partition coefficient (Wildman–Crippen LogP) is 10.3. The van der Waals surface area contributed by atoms with Crippen LogP contribution in [0.3, 0.4) is 0 Å². The number of benzene rings is 2. The number of phosphoric ester groups is 1. The van der Waals surface area contributed by atoms with E-state index in [2.05, 4.69) is 13.8 Å². The molecule has 0 saturated carbocycles. The maximum atomic E-state index is 13.3. The van der Waals surface area contributed by atoms with Crippen molar-refractivity contribution in [2.24, 2.45) is 0 Å². The Kier molecular flexibility index (Phi) is 19.6. The van der Waals surface area contributed by atoms with Gasteiger partial charge in [-0.1, -0.05) is 140 Å².